The third-order valence-electron chi connectivity index (χ3n) is 18.5. The van der Waals surface area contributed by atoms with Gasteiger partial charge in [-0.3, -0.25) is 43.7 Å². The summed E-state index contributed by atoms with van der Waals surface area (Å²) < 4.78 is 21.2. The van der Waals surface area contributed by atoms with Crippen molar-refractivity contribution in [3.05, 3.63) is 89.9 Å². The van der Waals surface area contributed by atoms with Crippen LogP contribution in [0.4, 0.5) is 0 Å². The average molecular weight is 1370 g/mol. The van der Waals surface area contributed by atoms with E-state index in [0.29, 0.717) is 105 Å². The molecule has 3 aliphatic carbocycles. The summed E-state index contributed by atoms with van der Waals surface area (Å²) in [6, 6.07) is 22.3. The van der Waals surface area contributed by atoms with Gasteiger partial charge in [0.1, 0.15) is 57.7 Å². The molecule has 9 atom stereocenters. The van der Waals surface area contributed by atoms with E-state index in [-0.39, 0.29) is 93.2 Å². The number of benzene rings is 3. The van der Waals surface area contributed by atoms with Crippen LogP contribution in [0.3, 0.4) is 0 Å². The van der Waals surface area contributed by atoms with Gasteiger partial charge in [0.05, 0.1) is 46.6 Å². The molecule has 4 amide bonds. The maximum absolute atomic E-state index is 13.1. The van der Waals surface area contributed by atoms with Crippen molar-refractivity contribution in [1.82, 2.24) is 46.9 Å². The van der Waals surface area contributed by atoms with Crippen molar-refractivity contribution in [3.8, 4) is 23.3 Å². The number of fused-ring (bicyclic) bond motifs is 3. The van der Waals surface area contributed by atoms with Crippen LogP contribution in [-0.4, -0.2) is 146 Å². The molecule has 3 fully saturated rings. The van der Waals surface area contributed by atoms with Gasteiger partial charge >= 0.3 is 5.97 Å². The summed E-state index contributed by atoms with van der Waals surface area (Å²) in [5, 5.41) is 31.2. The smallest absolute Gasteiger partial charge is 0.322 e. The van der Waals surface area contributed by atoms with E-state index >= 15 is 0 Å². The van der Waals surface area contributed by atoms with Gasteiger partial charge in [-0.1, -0.05) is 80.5 Å². The minimum Gasteiger partial charge on any atom is -0.496 e. The number of aromatic amines is 3. The first kappa shape index (κ1) is 77.8. The fourth-order valence-electron chi connectivity index (χ4n) is 13.8. The Morgan fingerprint density at radius 1 is 0.505 bits per heavy atom. The molecule has 3 aromatic heterocycles. The lowest BCUT2D eigenvalue weighted by Crippen LogP contribution is -2.50. The Morgan fingerprint density at radius 2 is 0.828 bits per heavy atom. The number of nitrogens with two attached hydrogens (primary N) is 1. The van der Waals surface area contributed by atoms with Crippen LogP contribution in [-0.2, 0) is 28.7 Å². The van der Waals surface area contributed by atoms with Gasteiger partial charge in [-0.05, 0) is 148 Å². The SMILES string of the molecule is COC(=O)[C@H](C[C@@H]1CCCC1=O)NC[C@H](CC(C)(C)C)NC(=O)c1cc2c(OC)cccc2[nH]1.COc1cccc2[nH]c(C(=O)N[C@H](CN[C@@H](C[C@@H]3CCCC3=O)C(N)=O)CC(C)(C)C)cc12.COc1cccc2[nH]c(C(=O)N[C@H](CN[C@H](C#N)C[C@@H]3CCCC3=O)CC(C)(C)C)cc12. The van der Waals surface area contributed by atoms with Gasteiger partial charge in [0.15, 0.2) is 0 Å². The highest BCUT2D eigenvalue weighted by molar-refractivity contribution is 6.02. The van der Waals surface area contributed by atoms with Gasteiger partial charge in [-0.25, -0.2) is 0 Å². The Hall–Kier alpha value is -8.59. The number of hydrogen-bond donors (Lipinski definition) is 10. The topological polar surface area (TPSA) is 343 Å². The highest BCUT2D eigenvalue weighted by atomic mass is 16.5. The minimum absolute atomic E-state index is 0.00709. The third-order valence-corrected chi connectivity index (χ3v) is 18.5. The summed E-state index contributed by atoms with van der Waals surface area (Å²) in [4.78, 5) is 109. The van der Waals surface area contributed by atoms with Crippen molar-refractivity contribution < 1.29 is 57.3 Å². The molecular formula is C76H107N11O12. The quantitative estimate of drug-likeness (QED) is 0.0195. The van der Waals surface area contributed by atoms with Crippen molar-refractivity contribution in [2.24, 2.45) is 39.7 Å². The monoisotopic (exact) mass is 1370 g/mol. The number of rotatable bonds is 29. The number of ketones is 3. The van der Waals surface area contributed by atoms with E-state index in [1.165, 1.54) is 7.11 Å². The normalized spacial score (nSPS) is 18.2. The number of aromatic nitrogens is 3. The second-order valence-corrected chi connectivity index (χ2v) is 30.4. The number of H-pyrrole nitrogens is 3. The lowest BCUT2D eigenvalue weighted by Gasteiger charge is -2.29. The number of nitrogens with zero attached hydrogens (tertiary/aromatic N) is 1. The number of hydrogen-bond acceptors (Lipinski definition) is 16. The van der Waals surface area contributed by atoms with Gasteiger partial charge in [-0.2, -0.15) is 5.26 Å². The summed E-state index contributed by atoms with van der Waals surface area (Å²) in [6.07, 6.45) is 10.4. The van der Waals surface area contributed by atoms with Crippen LogP contribution in [0.2, 0.25) is 0 Å². The maximum atomic E-state index is 13.1. The lowest BCUT2D eigenvalue weighted by atomic mass is 9.87. The fourth-order valence-corrected chi connectivity index (χ4v) is 13.8. The number of methoxy groups -OCH3 is 4. The number of carbonyl (C=O) groups is 8. The number of esters is 1. The maximum Gasteiger partial charge on any atom is 0.322 e. The predicted molar refractivity (Wildman–Crippen MR) is 384 cm³/mol. The number of ether oxygens (including phenoxy) is 4. The average Bonchev–Trinajstić information content (AvgIpc) is 1.68. The van der Waals surface area contributed by atoms with Crippen LogP contribution in [0.25, 0.3) is 32.7 Å². The standard InChI is InChI=1S/C26H37N3O5.C25H36N4O4.C25H34N4O3/c1-26(2,3)14-17(15-27-21(25(32)34-5)12-16-8-6-10-22(16)30)28-24(31)20-13-18-19(29-20)9-7-11-23(18)33-4;1-25(2,3)13-16(14-27-19(23(26)31)11-15-7-5-9-21(15)30)28-24(32)20-12-17-18(29-20)8-6-10-22(17)33-4;1-25(2,3)13-18(15-27-17(14-26)11-16-7-5-9-22(16)30)28-24(31)21-12-19-20(29-21)8-6-10-23(19)32-4/h7,9,11,13,16-17,21,27,29H,6,8,10,12,14-15H2,1-5H3,(H,28,31);6,8,10,12,15-16,19,27,29H,5,7,9,11,13-14H2,1-4H3,(H2,26,31)(H,28,32);6,8,10,12,16-18,27,29H,5,7,9,11,13,15H2,1-4H3,(H,28,31)/t16-,17-,21-;15-,16-,19-;16-,17-,18-/m000/s1. The third kappa shape index (κ3) is 23.3. The highest BCUT2D eigenvalue weighted by Crippen LogP contribution is 2.33. The van der Waals surface area contributed by atoms with Crippen LogP contribution in [0.1, 0.15) is 190 Å². The van der Waals surface area contributed by atoms with E-state index < -0.39 is 24.0 Å². The molecule has 0 radical (unpaired) electrons. The van der Waals surface area contributed by atoms with Crippen molar-refractivity contribution in [2.45, 2.75) is 195 Å². The van der Waals surface area contributed by atoms with Gasteiger partial charge in [0.2, 0.25) is 5.91 Å². The largest absolute Gasteiger partial charge is 0.496 e. The van der Waals surface area contributed by atoms with E-state index in [1.807, 2.05) is 54.6 Å². The van der Waals surface area contributed by atoms with E-state index in [4.69, 9.17) is 24.7 Å². The zero-order valence-corrected chi connectivity index (χ0v) is 60.3. The highest BCUT2D eigenvalue weighted by Gasteiger charge is 2.35. The number of carbonyl (C=O) groups excluding carboxylic acids is 8. The molecule has 0 aliphatic heterocycles. The molecule has 0 bridgehead atoms. The summed E-state index contributed by atoms with van der Waals surface area (Å²) >= 11 is 0. The van der Waals surface area contributed by atoms with Gasteiger partial charge in [0.25, 0.3) is 17.7 Å². The minimum atomic E-state index is -0.603. The van der Waals surface area contributed by atoms with Crippen LogP contribution >= 0.6 is 0 Å². The summed E-state index contributed by atoms with van der Waals surface area (Å²) in [5.74, 6) is 1.02. The molecule has 11 N–H and O–H groups in total. The van der Waals surface area contributed by atoms with Crippen molar-refractivity contribution in [3.63, 3.8) is 0 Å². The Kier molecular flexibility index (Phi) is 27.8. The number of nitrogens with one attached hydrogen (secondary N) is 9. The molecule has 6 aromatic rings. The van der Waals surface area contributed by atoms with Crippen molar-refractivity contribution in [1.29, 1.82) is 5.26 Å². The molecular weight excluding hydrogens is 1260 g/mol. The first-order valence-corrected chi connectivity index (χ1v) is 34.8. The summed E-state index contributed by atoms with van der Waals surface area (Å²) in [5.41, 5.74) is 9.35. The predicted octanol–water partition coefficient (Wildman–Crippen LogP) is 10.5. The molecule has 538 valence electrons. The Balaban J connectivity index is 0.000000209. The fraction of sp³-hybridized carbons (Fsp3) is 0.566. The number of amides is 4. The Bertz CT molecular complexity index is 3800. The molecule has 0 saturated heterocycles. The number of Topliss-reactive ketones (excluding diaryl/α,β-unsaturated/α-hetero) is 3. The van der Waals surface area contributed by atoms with Gasteiger partial charge in [0, 0.05) is 107 Å². The molecule has 0 spiro atoms. The lowest BCUT2D eigenvalue weighted by molar-refractivity contribution is -0.143. The molecule has 9 rings (SSSR count). The Labute approximate surface area is 582 Å². The molecule has 23 nitrogen and oxygen atoms in total. The van der Waals surface area contributed by atoms with Crippen LogP contribution in [0, 0.1) is 45.3 Å². The number of nitriles is 1. The molecule has 3 heterocycles. The van der Waals surface area contributed by atoms with Crippen molar-refractivity contribution >= 4 is 79.7 Å². The van der Waals surface area contributed by atoms with E-state index in [9.17, 15) is 43.6 Å². The van der Waals surface area contributed by atoms with Gasteiger partial charge in [-0.15, -0.1) is 0 Å². The van der Waals surface area contributed by atoms with E-state index in [2.05, 4.69) is 115 Å². The van der Waals surface area contributed by atoms with Crippen LogP contribution in [0.5, 0.6) is 17.2 Å². The second kappa shape index (κ2) is 35.4. The molecule has 99 heavy (non-hydrogen) atoms. The van der Waals surface area contributed by atoms with Crippen LogP contribution < -0.4 is 51.8 Å². The van der Waals surface area contributed by atoms with Crippen LogP contribution in [0.15, 0.2) is 72.8 Å². The zero-order chi connectivity index (χ0) is 72.4. The molecule has 3 aliphatic rings. The van der Waals surface area contributed by atoms with E-state index in [1.54, 1.807) is 39.5 Å². The molecule has 23 heteroatoms. The zero-order valence-electron chi connectivity index (χ0n) is 60.3. The first-order valence-electron chi connectivity index (χ1n) is 34.8. The Morgan fingerprint density at radius 3 is 1.12 bits per heavy atom. The van der Waals surface area contributed by atoms with Gasteiger partial charge < -0.3 is 66.2 Å². The first-order chi connectivity index (χ1) is 46.9. The summed E-state index contributed by atoms with van der Waals surface area (Å²) in [6.45, 7) is 20.2. The summed E-state index contributed by atoms with van der Waals surface area (Å²) in [7, 11) is 6.16. The van der Waals surface area contributed by atoms with E-state index in [0.717, 1.165) is 77.7 Å². The molecule has 0 unspecified atom stereocenters. The second-order valence-electron chi connectivity index (χ2n) is 30.4. The number of primary amides is 1. The molecule has 3 saturated carbocycles. The van der Waals surface area contributed by atoms with Crippen molar-refractivity contribution in [2.75, 3.05) is 48.1 Å². The molecule has 3 aromatic carbocycles.